The maximum atomic E-state index is 11.3. The van der Waals surface area contributed by atoms with Crippen LogP contribution in [-0.2, 0) is 9.53 Å². The molecule has 0 atom stereocenters. The van der Waals surface area contributed by atoms with E-state index < -0.39 is 0 Å². The summed E-state index contributed by atoms with van der Waals surface area (Å²) in [6.07, 6.45) is 7.14. The minimum atomic E-state index is 0.0458. The first kappa shape index (κ1) is 16.7. The van der Waals surface area contributed by atoms with E-state index in [-0.39, 0.29) is 5.91 Å². The first-order valence-electron chi connectivity index (χ1n) is 6.26. The highest BCUT2D eigenvalue weighted by Crippen LogP contribution is 2.03. The number of amides is 1. The molecule has 4 nitrogen and oxygen atoms in total. The second kappa shape index (κ2) is 13.8. The van der Waals surface area contributed by atoms with Gasteiger partial charge in [0, 0.05) is 13.7 Å². The molecule has 102 valence electrons. The van der Waals surface area contributed by atoms with Crippen LogP contribution in [0.2, 0.25) is 0 Å². The third kappa shape index (κ3) is 13.7. The first-order valence-corrected chi connectivity index (χ1v) is 7.66. The fraction of sp³-hybridized carbons (Fsp3) is 0.917. The van der Waals surface area contributed by atoms with Crippen molar-refractivity contribution in [3.05, 3.63) is 0 Å². The van der Waals surface area contributed by atoms with E-state index in [0.717, 1.165) is 13.0 Å². The highest BCUT2D eigenvalue weighted by Gasteiger charge is 1.98. The zero-order valence-corrected chi connectivity index (χ0v) is 11.9. The van der Waals surface area contributed by atoms with Gasteiger partial charge < -0.3 is 15.4 Å². The number of nitrogens with one attached hydrogen (secondary N) is 2. The second-order valence-electron chi connectivity index (χ2n) is 3.93. The van der Waals surface area contributed by atoms with Gasteiger partial charge in [0.1, 0.15) is 0 Å². The number of ether oxygens (including phenoxy) is 1. The molecule has 0 aromatic rings. The fourth-order valence-electron chi connectivity index (χ4n) is 1.41. The highest BCUT2D eigenvalue weighted by atomic mass is 32.2. The van der Waals surface area contributed by atoms with E-state index in [2.05, 4.69) is 16.9 Å². The zero-order chi connectivity index (χ0) is 12.8. The van der Waals surface area contributed by atoms with Crippen molar-refractivity contribution in [2.24, 2.45) is 0 Å². The van der Waals surface area contributed by atoms with Gasteiger partial charge in [-0.15, -0.1) is 0 Å². The minimum Gasteiger partial charge on any atom is -0.383 e. The SMILES string of the molecule is COCCNC(=O)CNCCCCCCSC. The summed E-state index contributed by atoms with van der Waals surface area (Å²) in [4.78, 5) is 11.3. The molecule has 0 spiro atoms. The monoisotopic (exact) mass is 262 g/mol. The predicted molar refractivity (Wildman–Crippen MR) is 74.6 cm³/mol. The normalized spacial score (nSPS) is 10.5. The largest absolute Gasteiger partial charge is 0.383 e. The van der Waals surface area contributed by atoms with Crippen molar-refractivity contribution in [3.63, 3.8) is 0 Å². The van der Waals surface area contributed by atoms with Gasteiger partial charge in [0.15, 0.2) is 0 Å². The Morgan fingerprint density at radius 3 is 2.65 bits per heavy atom. The van der Waals surface area contributed by atoms with E-state index in [1.807, 2.05) is 11.8 Å². The molecule has 0 saturated heterocycles. The predicted octanol–water partition coefficient (Wildman–Crippen LogP) is 1.26. The maximum absolute atomic E-state index is 11.3. The molecular weight excluding hydrogens is 236 g/mol. The summed E-state index contributed by atoms with van der Waals surface area (Å²) in [6.45, 7) is 2.50. The summed E-state index contributed by atoms with van der Waals surface area (Å²) in [6, 6.07) is 0. The number of carbonyl (C=O) groups is 1. The Labute approximate surface area is 109 Å². The van der Waals surface area contributed by atoms with Crippen LogP contribution in [0.3, 0.4) is 0 Å². The summed E-state index contributed by atoms with van der Waals surface area (Å²) >= 11 is 1.90. The Kier molecular flexibility index (Phi) is 13.6. The second-order valence-corrected chi connectivity index (χ2v) is 4.91. The highest BCUT2D eigenvalue weighted by molar-refractivity contribution is 7.98. The summed E-state index contributed by atoms with van der Waals surface area (Å²) in [5, 5.41) is 5.92. The Hall–Kier alpha value is -0.260. The van der Waals surface area contributed by atoms with E-state index in [1.54, 1.807) is 7.11 Å². The summed E-state index contributed by atoms with van der Waals surface area (Å²) in [7, 11) is 1.63. The van der Waals surface area contributed by atoms with Crippen molar-refractivity contribution in [1.82, 2.24) is 10.6 Å². The summed E-state index contributed by atoms with van der Waals surface area (Å²) < 4.78 is 4.85. The van der Waals surface area contributed by atoms with E-state index in [1.165, 1.54) is 25.0 Å². The molecule has 0 saturated carbocycles. The van der Waals surface area contributed by atoms with Gasteiger partial charge in [0.2, 0.25) is 5.91 Å². The van der Waals surface area contributed by atoms with Gasteiger partial charge in [0.25, 0.3) is 0 Å². The van der Waals surface area contributed by atoms with Crippen molar-refractivity contribution in [3.8, 4) is 0 Å². The Balaban J connectivity index is 3.08. The average Bonchev–Trinajstić information content (AvgIpc) is 2.33. The molecule has 17 heavy (non-hydrogen) atoms. The molecule has 0 aliphatic rings. The van der Waals surface area contributed by atoms with Crippen molar-refractivity contribution in [2.45, 2.75) is 25.7 Å². The molecule has 0 unspecified atom stereocenters. The number of rotatable bonds is 12. The molecular formula is C12H26N2O2S. The number of carbonyl (C=O) groups excluding carboxylic acids is 1. The third-order valence-electron chi connectivity index (χ3n) is 2.37. The smallest absolute Gasteiger partial charge is 0.234 e. The number of thioether (sulfide) groups is 1. The van der Waals surface area contributed by atoms with Crippen molar-refractivity contribution in [2.75, 3.05) is 45.4 Å². The average molecular weight is 262 g/mol. The standard InChI is InChI=1S/C12H26N2O2S/c1-16-9-8-14-12(15)11-13-7-5-3-4-6-10-17-2/h13H,3-11H2,1-2H3,(H,14,15). The van der Waals surface area contributed by atoms with Crippen molar-refractivity contribution in [1.29, 1.82) is 0 Å². The van der Waals surface area contributed by atoms with Gasteiger partial charge in [-0.2, -0.15) is 11.8 Å². The van der Waals surface area contributed by atoms with Gasteiger partial charge in [0.05, 0.1) is 13.2 Å². The number of hydrogen-bond donors (Lipinski definition) is 2. The lowest BCUT2D eigenvalue weighted by molar-refractivity contribution is -0.120. The fourth-order valence-corrected chi connectivity index (χ4v) is 1.90. The Morgan fingerprint density at radius 2 is 1.94 bits per heavy atom. The quantitative estimate of drug-likeness (QED) is 0.520. The first-order chi connectivity index (χ1) is 8.31. The molecule has 0 aromatic carbocycles. The Morgan fingerprint density at radius 1 is 1.18 bits per heavy atom. The van der Waals surface area contributed by atoms with Gasteiger partial charge in [-0.1, -0.05) is 12.8 Å². The molecule has 0 aliphatic carbocycles. The van der Waals surface area contributed by atoms with Crippen LogP contribution in [0, 0.1) is 0 Å². The molecule has 2 N–H and O–H groups in total. The molecule has 5 heteroatoms. The van der Waals surface area contributed by atoms with E-state index >= 15 is 0 Å². The van der Waals surface area contributed by atoms with E-state index in [9.17, 15) is 4.79 Å². The molecule has 0 radical (unpaired) electrons. The van der Waals surface area contributed by atoms with Crippen molar-refractivity contribution >= 4 is 17.7 Å². The van der Waals surface area contributed by atoms with Crippen LogP contribution in [-0.4, -0.2) is 51.3 Å². The van der Waals surface area contributed by atoms with Crippen LogP contribution in [0.1, 0.15) is 25.7 Å². The number of unbranched alkanes of at least 4 members (excludes halogenated alkanes) is 3. The molecule has 0 fully saturated rings. The minimum absolute atomic E-state index is 0.0458. The van der Waals surface area contributed by atoms with E-state index in [0.29, 0.717) is 19.7 Å². The van der Waals surface area contributed by atoms with Crippen LogP contribution in [0.5, 0.6) is 0 Å². The number of hydrogen-bond acceptors (Lipinski definition) is 4. The Bertz CT molecular complexity index is 180. The zero-order valence-electron chi connectivity index (χ0n) is 11.1. The molecule has 0 aliphatic heterocycles. The summed E-state index contributed by atoms with van der Waals surface area (Å²) in [5.74, 6) is 1.31. The van der Waals surface area contributed by atoms with Crippen LogP contribution in [0.15, 0.2) is 0 Å². The van der Waals surface area contributed by atoms with Gasteiger partial charge in [-0.25, -0.2) is 0 Å². The molecule has 0 rings (SSSR count). The van der Waals surface area contributed by atoms with Crippen molar-refractivity contribution < 1.29 is 9.53 Å². The van der Waals surface area contributed by atoms with E-state index in [4.69, 9.17) is 4.74 Å². The molecule has 0 aromatic heterocycles. The lowest BCUT2D eigenvalue weighted by Crippen LogP contribution is -2.35. The van der Waals surface area contributed by atoms with Crippen LogP contribution >= 0.6 is 11.8 Å². The lowest BCUT2D eigenvalue weighted by Gasteiger charge is -2.06. The topological polar surface area (TPSA) is 50.4 Å². The number of methoxy groups -OCH3 is 1. The van der Waals surface area contributed by atoms with Gasteiger partial charge >= 0.3 is 0 Å². The van der Waals surface area contributed by atoms with Crippen LogP contribution < -0.4 is 10.6 Å². The van der Waals surface area contributed by atoms with Gasteiger partial charge in [-0.3, -0.25) is 4.79 Å². The van der Waals surface area contributed by atoms with Crippen LogP contribution in [0.25, 0.3) is 0 Å². The lowest BCUT2D eigenvalue weighted by atomic mass is 10.2. The maximum Gasteiger partial charge on any atom is 0.234 e. The van der Waals surface area contributed by atoms with Crippen LogP contribution in [0.4, 0.5) is 0 Å². The van der Waals surface area contributed by atoms with Gasteiger partial charge in [-0.05, 0) is 31.4 Å². The molecule has 1 amide bonds. The summed E-state index contributed by atoms with van der Waals surface area (Å²) in [5.41, 5.74) is 0. The molecule has 0 bridgehead atoms. The molecule has 0 heterocycles. The third-order valence-corrected chi connectivity index (χ3v) is 3.06.